The van der Waals surface area contributed by atoms with E-state index >= 15 is 0 Å². The Hall–Kier alpha value is -0.920. The predicted octanol–water partition coefficient (Wildman–Crippen LogP) is 0.311. The van der Waals surface area contributed by atoms with Crippen LogP contribution in [0.4, 0.5) is 5.69 Å². The van der Waals surface area contributed by atoms with E-state index in [2.05, 4.69) is 10.0 Å². The van der Waals surface area contributed by atoms with Gasteiger partial charge in [-0.05, 0) is 24.1 Å². The van der Waals surface area contributed by atoms with Crippen molar-refractivity contribution < 1.29 is 12.6 Å². The maximum Gasteiger partial charge on any atom is 0.240 e. The van der Waals surface area contributed by atoms with Gasteiger partial charge in [0.05, 0.1) is 4.90 Å². The zero-order valence-corrected chi connectivity index (χ0v) is 11.7. The summed E-state index contributed by atoms with van der Waals surface area (Å²) in [7, 11) is -4.50. The van der Waals surface area contributed by atoms with Crippen LogP contribution < -0.4 is 10.0 Å². The molecule has 7 heteroatoms. The van der Waals surface area contributed by atoms with Crippen LogP contribution in [0.2, 0.25) is 0 Å². The summed E-state index contributed by atoms with van der Waals surface area (Å²) < 4.78 is 37.3. The molecule has 100 valence electrons. The fourth-order valence-corrected chi connectivity index (χ4v) is 3.42. The lowest BCUT2D eigenvalue weighted by Crippen LogP contribution is -2.27. The highest BCUT2D eigenvalue weighted by Crippen LogP contribution is 2.25. The van der Waals surface area contributed by atoms with Crippen molar-refractivity contribution in [1.82, 2.24) is 4.72 Å². The summed E-state index contributed by atoms with van der Waals surface area (Å²) in [6, 6.07) is 5.09. The molecule has 0 fully saturated rings. The molecule has 2 rings (SSSR count). The van der Waals surface area contributed by atoms with Gasteiger partial charge in [0.1, 0.15) is 0 Å². The molecule has 0 spiro atoms. The number of anilines is 1. The lowest BCUT2D eigenvalue weighted by molar-refractivity contribution is 0.584. The highest BCUT2D eigenvalue weighted by Gasteiger charge is 2.17. The van der Waals surface area contributed by atoms with Crippen LogP contribution in [0.25, 0.3) is 0 Å². The van der Waals surface area contributed by atoms with Gasteiger partial charge in [0.25, 0.3) is 0 Å². The minimum Gasteiger partial charge on any atom is -0.384 e. The second-order valence-electron chi connectivity index (χ2n) is 4.17. The molecular formula is C11H16N2O3S2. The first-order chi connectivity index (χ1) is 8.49. The van der Waals surface area contributed by atoms with E-state index in [0.29, 0.717) is 5.75 Å². The minimum absolute atomic E-state index is 0.190. The van der Waals surface area contributed by atoms with Crippen LogP contribution in [0.1, 0.15) is 5.56 Å². The van der Waals surface area contributed by atoms with Crippen molar-refractivity contribution in [3.8, 4) is 0 Å². The molecule has 1 unspecified atom stereocenters. The summed E-state index contributed by atoms with van der Waals surface area (Å²) in [4.78, 5) is 0.248. The van der Waals surface area contributed by atoms with Crippen LogP contribution in [-0.4, -0.2) is 37.7 Å². The van der Waals surface area contributed by atoms with Gasteiger partial charge in [-0.2, -0.15) is 0 Å². The van der Waals surface area contributed by atoms with Gasteiger partial charge in [0.2, 0.25) is 10.0 Å². The zero-order valence-electron chi connectivity index (χ0n) is 10.1. The summed E-state index contributed by atoms with van der Waals surface area (Å²) in [6.07, 6.45) is 2.48. The Balaban J connectivity index is 2.12. The molecule has 0 bridgehead atoms. The first kappa shape index (κ1) is 13.5. The van der Waals surface area contributed by atoms with Crippen molar-refractivity contribution in [2.45, 2.75) is 11.3 Å². The molecule has 1 aliphatic heterocycles. The third kappa shape index (κ3) is 3.09. The predicted molar refractivity (Wildman–Crippen MR) is 72.8 cm³/mol. The number of fused-ring (bicyclic) bond motifs is 1. The molecule has 0 radical (unpaired) electrons. The molecule has 1 aromatic rings. The van der Waals surface area contributed by atoms with Crippen molar-refractivity contribution in [2.75, 3.05) is 30.4 Å². The topological polar surface area (TPSA) is 75.3 Å². The van der Waals surface area contributed by atoms with E-state index in [1.54, 1.807) is 18.4 Å². The second-order valence-corrected chi connectivity index (χ2v) is 7.49. The molecule has 2 N–H and O–H groups in total. The summed E-state index contributed by atoms with van der Waals surface area (Å²) in [6.45, 7) is 1.04. The molecule has 1 atom stereocenters. The molecular weight excluding hydrogens is 272 g/mol. The van der Waals surface area contributed by atoms with E-state index in [4.69, 9.17) is 0 Å². The number of hydrogen-bond acceptors (Lipinski definition) is 4. The number of rotatable bonds is 5. The van der Waals surface area contributed by atoms with Crippen LogP contribution in [0, 0.1) is 0 Å². The lowest BCUT2D eigenvalue weighted by atomic mass is 10.2. The Labute approximate surface area is 109 Å². The Morgan fingerprint density at radius 1 is 1.44 bits per heavy atom. The fraction of sp³-hybridized carbons (Fsp3) is 0.455. The van der Waals surface area contributed by atoms with Crippen molar-refractivity contribution >= 4 is 26.5 Å². The van der Waals surface area contributed by atoms with E-state index < -0.39 is 20.8 Å². The first-order valence-corrected chi connectivity index (χ1v) is 8.86. The molecule has 0 amide bonds. The maximum atomic E-state index is 12.0. The standard InChI is InChI=1S/C11H16N2O3S2/c1-17(14)7-6-13-18(15,16)10-3-2-9-4-5-12-11(9)8-10/h2-3,8,12-13H,4-7H2,1H3. The number of hydrogen-bond donors (Lipinski definition) is 2. The summed E-state index contributed by atoms with van der Waals surface area (Å²) in [5.74, 6) is 0.322. The fourth-order valence-electron chi connectivity index (χ4n) is 1.84. The van der Waals surface area contributed by atoms with E-state index in [1.165, 1.54) is 0 Å². The quantitative estimate of drug-likeness (QED) is 0.818. The third-order valence-corrected chi connectivity index (χ3v) is 5.02. The molecule has 1 aromatic carbocycles. The van der Waals surface area contributed by atoms with Gasteiger partial charge in [-0.1, -0.05) is 6.07 Å². The molecule has 0 saturated carbocycles. The summed E-state index contributed by atoms with van der Waals surface area (Å²) >= 11 is 0. The van der Waals surface area contributed by atoms with E-state index in [9.17, 15) is 12.6 Å². The summed E-state index contributed by atoms with van der Waals surface area (Å²) in [5, 5.41) is 3.15. The lowest BCUT2D eigenvalue weighted by Gasteiger charge is -2.08. The highest BCUT2D eigenvalue weighted by molar-refractivity contribution is 7.89. The van der Waals surface area contributed by atoms with Gasteiger partial charge in [0.15, 0.2) is 0 Å². The highest BCUT2D eigenvalue weighted by atomic mass is 32.2. The Morgan fingerprint density at radius 2 is 2.22 bits per heavy atom. The average Bonchev–Trinajstić information content (AvgIpc) is 2.74. The average molecular weight is 288 g/mol. The number of benzene rings is 1. The molecule has 18 heavy (non-hydrogen) atoms. The Bertz CT molecular complexity index is 570. The Morgan fingerprint density at radius 3 is 2.94 bits per heavy atom. The number of sulfonamides is 1. The van der Waals surface area contributed by atoms with Crippen molar-refractivity contribution in [3.63, 3.8) is 0 Å². The molecule has 0 aromatic heterocycles. The Kier molecular flexibility index (Phi) is 4.04. The second kappa shape index (κ2) is 5.38. The van der Waals surface area contributed by atoms with Crippen molar-refractivity contribution in [1.29, 1.82) is 0 Å². The van der Waals surface area contributed by atoms with Crippen molar-refractivity contribution in [3.05, 3.63) is 23.8 Å². The van der Waals surface area contributed by atoms with Crippen molar-refractivity contribution in [2.24, 2.45) is 0 Å². The largest absolute Gasteiger partial charge is 0.384 e. The molecule has 0 saturated heterocycles. The first-order valence-electron chi connectivity index (χ1n) is 5.65. The van der Waals surface area contributed by atoms with Gasteiger partial charge >= 0.3 is 0 Å². The summed E-state index contributed by atoms with van der Waals surface area (Å²) in [5.41, 5.74) is 2.03. The van der Waals surface area contributed by atoms with Crippen LogP contribution >= 0.6 is 0 Å². The van der Waals surface area contributed by atoms with Gasteiger partial charge in [-0.3, -0.25) is 4.21 Å². The maximum absolute atomic E-state index is 12.0. The normalized spacial score (nSPS) is 16.1. The van der Waals surface area contributed by atoms with Crippen LogP contribution in [0.5, 0.6) is 0 Å². The molecule has 5 nitrogen and oxygen atoms in total. The van der Waals surface area contributed by atoms with Gasteiger partial charge in [-0.15, -0.1) is 0 Å². The third-order valence-electron chi connectivity index (χ3n) is 2.78. The molecule has 1 heterocycles. The van der Waals surface area contributed by atoms with Crippen LogP contribution in [-0.2, 0) is 27.2 Å². The van der Waals surface area contributed by atoms with E-state index in [-0.39, 0.29) is 11.4 Å². The van der Waals surface area contributed by atoms with Crippen LogP contribution in [0.15, 0.2) is 23.1 Å². The zero-order chi connectivity index (χ0) is 13.2. The monoisotopic (exact) mass is 288 g/mol. The number of nitrogens with one attached hydrogen (secondary N) is 2. The van der Waals surface area contributed by atoms with Gasteiger partial charge < -0.3 is 5.32 Å². The van der Waals surface area contributed by atoms with E-state index in [1.807, 2.05) is 6.07 Å². The van der Waals surface area contributed by atoms with Gasteiger partial charge in [-0.25, -0.2) is 13.1 Å². The van der Waals surface area contributed by atoms with E-state index in [0.717, 1.165) is 24.2 Å². The van der Waals surface area contributed by atoms with Gasteiger partial charge in [0, 0.05) is 41.6 Å². The molecule has 0 aliphatic carbocycles. The minimum atomic E-state index is -3.50. The SMILES string of the molecule is CS(=O)CCNS(=O)(=O)c1ccc2c(c1)NCC2. The molecule has 1 aliphatic rings. The van der Waals surface area contributed by atoms with Crippen LogP contribution in [0.3, 0.4) is 0 Å². The smallest absolute Gasteiger partial charge is 0.240 e.